The smallest absolute Gasteiger partial charge is 0.328 e. The molecule has 2 heterocycles. The van der Waals surface area contributed by atoms with Gasteiger partial charge in [0, 0.05) is 39.3 Å². The Kier molecular flexibility index (Phi) is 5.67. The minimum Gasteiger partial charge on any atom is -0.387 e. The van der Waals surface area contributed by atoms with E-state index in [1.807, 2.05) is 37.3 Å². The Balaban J connectivity index is 1.45. The van der Waals surface area contributed by atoms with Crippen LogP contribution in [-0.2, 0) is 4.79 Å². The number of carbonyl (C=O) groups excluding carboxylic acids is 2. The highest BCUT2D eigenvalue weighted by Gasteiger charge is 2.35. The van der Waals surface area contributed by atoms with E-state index in [9.17, 15) is 14.7 Å². The Bertz CT molecular complexity index is 602. The topological polar surface area (TPSA) is 67.3 Å². The summed E-state index contributed by atoms with van der Waals surface area (Å²) in [6.07, 6.45) is -0.483. The number of imide groups is 1. The highest BCUT2D eigenvalue weighted by Crippen LogP contribution is 2.16. The highest BCUT2D eigenvalue weighted by atomic mass is 16.3. The van der Waals surface area contributed by atoms with Gasteiger partial charge in [0.15, 0.2) is 0 Å². The second-order valence-corrected chi connectivity index (χ2v) is 6.61. The summed E-state index contributed by atoms with van der Waals surface area (Å²) in [5.74, 6) is -0.114. The van der Waals surface area contributed by atoms with Crippen LogP contribution in [0.3, 0.4) is 0 Å². The van der Waals surface area contributed by atoms with Crippen molar-refractivity contribution < 1.29 is 14.7 Å². The van der Waals surface area contributed by atoms with E-state index < -0.39 is 6.10 Å². The minimum absolute atomic E-state index is 0.114. The molecule has 3 rings (SSSR count). The van der Waals surface area contributed by atoms with Gasteiger partial charge in [0.1, 0.15) is 6.54 Å². The van der Waals surface area contributed by atoms with Crippen LogP contribution in [-0.4, -0.2) is 89.1 Å². The molecule has 1 aromatic rings. The van der Waals surface area contributed by atoms with Gasteiger partial charge in [-0.2, -0.15) is 0 Å². The molecule has 1 atom stereocenters. The van der Waals surface area contributed by atoms with E-state index in [2.05, 4.69) is 9.80 Å². The van der Waals surface area contributed by atoms with Crippen LogP contribution < -0.4 is 0 Å². The van der Waals surface area contributed by atoms with E-state index in [0.717, 1.165) is 31.7 Å². The van der Waals surface area contributed by atoms with E-state index in [1.165, 1.54) is 4.90 Å². The second kappa shape index (κ2) is 7.95. The molecule has 7 heteroatoms. The summed E-state index contributed by atoms with van der Waals surface area (Å²) >= 11 is 0. The third kappa shape index (κ3) is 4.18. The number of carbonyl (C=O) groups is 2. The lowest BCUT2D eigenvalue weighted by atomic mass is 10.1. The summed E-state index contributed by atoms with van der Waals surface area (Å²) < 4.78 is 0. The second-order valence-electron chi connectivity index (χ2n) is 6.61. The Morgan fingerprint density at radius 1 is 1.04 bits per heavy atom. The lowest BCUT2D eigenvalue weighted by Crippen LogP contribution is -2.51. The molecule has 2 aliphatic rings. The number of benzene rings is 1. The lowest BCUT2D eigenvalue weighted by Gasteiger charge is -2.37. The molecule has 25 heavy (non-hydrogen) atoms. The van der Waals surface area contributed by atoms with E-state index in [4.69, 9.17) is 0 Å². The standard InChI is InChI=1S/C18H26N4O3/c1-2-22-17(24)13-21(18(22)25)14-20-10-8-19(9-11-20)12-16(23)15-6-4-3-5-7-15/h3-7,16,23H,2,8-14H2,1H3/t16-/m1/s1. The van der Waals surface area contributed by atoms with Gasteiger partial charge in [0.25, 0.3) is 0 Å². The number of aliphatic hydroxyl groups is 1. The third-order valence-corrected chi connectivity index (χ3v) is 4.90. The van der Waals surface area contributed by atoms with Gasteiger partial charge in [-0.05, 0) is 12.5 Å². The minimum atomic E-state index is -0.483. The summed E-state index contributed by atoms with van der Waals surface area (Å²) in [6.45, 7) is 6.87. The fourth-order valence-electron chi connectivity index (χ4n) is 3.40. The normalized spacial score (nSPS) is 21.2. The first-order valence-corrected chi connectivity index (χ1v) is 8.85. The number of β-amino-alcohol motifs (C(OH)–C–C–N with tert-alkyl or cyclic N) is 1. The zero-order valence-corrected chi connectivity index (χ0v) is 14.7. The molecule has 0 unspecified atom stereocenters. The van der Waals surface area contributed by atoms with Gasteiger partial charge in [-0.15, -0.1) is 0 Å². The zero-order chi connectivity index (χ0) is 17.8. The Hall–Kier alpha value is -1.96. The predicted molar refractivity (Wildman–Crippen MR) is 93.8 cm³/mol. The molecule has 2 fully saturated rings. The van der Waals surface area contributed by atoms with Gasteiger partial charge in [0.2, 0.25) is 5.91 Å². The number of rotatable bonds is 6. The van der Waals surface area contributed by atoms with Gasteiger partial charge < -0.3 is 10.0 Å². The van der Waals surface area contributed by atoms with Gasteiger partial charge in [-0.3, -0.25) is 19.5 Å². The van der Waals surface area contributed by atoms with Crippen LogP contribution in [0.1, 0.15) is 18.6 Å². The third-order valence-electron chi connectivity index (χ3n) is 4.90. The summed E-state index contributed by atoms with van der Waals surface area (Å²) in [6, 6.07) is 9.51. The maximum Gasteiger partial charge on any atom is 0.328 e. The fourth-order valence-corrected chi connectivity index (χ4v) is 3.40. The molecular formula is C18H26N4O3. The molecule has 2 aliphatic heterocycles. The summed E-state index contributed by atoms with van der Waals surface area (Å²) in [7, 11) is 0. The largest absolute Gasteiger partial charge is 0.387 e. The maximum atomic E-state index is 12.1. The first-order chi connectivity index (χ1) is 12.1. The van der Waals surface area contributed by atoms with Gasteiger partial charge in [-0.25, -0.2) is 4.79 Å². The number of piperazine rings is 1. The molecule has 0 aromatic heterocycles. The number of nitrogens with zero attached hydrogens (tertiary/aromatic N) is 4. The Morgan fingerprint density at radius 2 is 1.68 bits per heavy atom. The first-order valence-electron chi connectivity index (χ1n) is 8.85. The molecule has 0 radical (unpaired) electrons. The number of urea groups is 1. The highest BCUT2D eigenvalue weighted by molar-refractivity contribution is 6.01. The average molecular weight is 346 g/mol. The van der Waals surface area contributed by atoms with Crippen LogP contribution in [0.2, 0.25) is 0 Å². The zero-order valence-electron chi connectivity index (χ0n) is 14.7. The first kappa shape index (κ1) is 17.8. The molecule has 0 saturated carbocycles. The Morgan fingerprint density at radius 3 is 2.28 bits per heavy atom. The molecular weight excluding hydrogens is 320 g/mol. The predicted octanol–water partition coefficient (Wildman–Crippen LogP) is 0.579. The van der Waals surface area contributed by atoms with Gasteiger partial charge >= 0.3 is 6.03 Å². The van der Waals surface area contributed by atoms with Crippen LogP contribution in [0.4, 0.5) is 4.79 Å². The molecule has 1 N–H and O–H groups in total. The number of hydrogen-bond donors (Lipinski definition) is 1. The quantitative estimate of drug-likeness (QED) is 0.763. The van der Waals surface area contributed by atoms with E-state index in [0.29, 0.717) is 19.8 Å². The van der Waals surface area contributed by atoms with Crippen molar-refractivity contribution >= 4 is 11.9 Å². The van der Waals surface area contributed by atoms with Gasteiger partial charge in [0.05, 0.1) is 12.8 Å². The lowest BCUT2D eigenvalue weighted by molar-refractivity contribution is -0.125. The van der Waals surface area contributed by atoms with E-state index in [-0.39, 0.29) is 18.5 Å². The molecule has 3 amide bonds. The number of likely N-dealkylation sites (N-methyl/N-ethyl adjacent to an activating group) is 1. The summed E-state index contributed by atoms with van der Waals surface area (Å²) in [4.78, 5) is 31.3. The van der Waals surface area contributed by atoms with Crippen molar-refractivity contribution in [1.29, 1.82) is 0 Å². The average Bonchev–Trinajstić information content (AvgIpc) is 2.90. The number of amides is 3. The van der Waals surface area contributed by atoms with Crippen molar-refractivity contribution in [3.63, 3.8) is 0 Å². The van der Waals surface area contributed by atoms with Crippen molar-refractivity contribution in [2.45, 2.75) is 13.0 Å². The molecule has 136 valence electrons. The maximum absolute atomic E-state index is 12.1. The van der Waals surface area contributed by atoms with Crippen LogP contribution in [0.15, 0.2) is 30.3 Å². The van der Waals surface area contributed by atoms with Gasteiger partial charge in [-0.1, -0.05) is 30.3 Å². The van der Waals surface area contributed by atoms with E-state index >= 15 is 0 Å². The number of aliphatic hydroxyl groups excluding tert-OH is 1. The van der Waals surface area contributed by atoms with Crippen LogP contribution >= 0.6 is 0 Å². The SMILES string of the molecule is CCN1C(=O)CN(CN2CCN(C[C@@H](O)c3ccccc3)CC2)C1=O. The molecule has 0 aliphatic carbocycles. The molecule has 1 aromatic carbocycles. The van der Waals surface area contributed by atoms with Crippen molar-refractivity contribution in [1.82, 2.24) is 19.6 Å². The van der Waals surface area contributed by atoms with Crippen molar-refractivity contribution in [3.8, 4) is 0 Å². The monoisotopic (exact) mass is 346 g/mol. The molecule has 7 nitrogen and oxygen atoms in total. The fraction of sp³-hybridized carbons (Fsp3) is 0.556. The molecule has 2 saturated heterocycles. The summed E-state index contributed by atoms with van der Waals surface area (Å²) in [5, 5.41) is 10.3. The van der Waals surface area contributed by atoms with Crippen LogP contribution in [0, 0.1) is 0 Å². The summed E-state index contributed by atoms with van der Waals surface area (Å²) in [5.41, 5.74) is 0.936. The van der Waals surface area contributed by atoms with Crippen LogP contribution in [0.5, 0.6) is 0 Å². The van der Waals surface area contributed by atoms with Crippen molar-refractivity contribution in [2.24, 2.45) is 0 Å². The molecule has 0 spiro atoms. The number of hydrogen-bond acceptors (Lipinski definition) is 5. The van der Waals surface area contributed by atoms with E-state index in [1.54, 1.807) is 4.90 Å². The van der Waals surface area contributed by atoms with Crippen molar-refractivity contribution in [3.05, 3.63) is 35.9 Å². The molecule has 0 bridgehead atoms. The Labute approximate surface area is 148 Å². The van der Waals surface area contributed by atoms with Crippen LogP contribution in [0.25, 0.3) is 0 Å². The van der Waals surface area contributed by atoms with Crippen molar-refractivity contribution in [2.75, 3.05) is 52.5 Å².